The van der Waals surface area contributed by atoms with Crippen LogP contribution in [0.4, 0.5) is 0 Å². The Kier molecular flexibility index (Phi) is 2.81. The van der Waals surface area contributed by atoms with E-state index in [4.69, 9.17) is 0 Å². The van der Waals surface area contributed by atoms with Gasteiger partial charge in [0.05, 0.1) is 12.1 Å². The first-order valence-corrected chi connectivity index (χ1v) is 5.59. The molecule has 1 aliphatic carbocycles. The van der Waals surface area contributed by atoms with Crippen molar-refractivity contribution in [2.24, 2.45) is 4.99 Å². The van der Waals surface area contributed by atoms with Gasteiger partial charge in [-0.25, -0.2) is 0 Å². The minimum atomic E-state index is 0. The van der Waals surface area contributed by atoms with E-state index in [0.29, 0.717) is 5.54 Å². The van der Waals surface area contributed by atoms with Crippen LogP contribution in [0.1, 0.15) is 12.8 Å². The summed E-state index contributed by atoms with van der Waals surface area (Å²) in [5.74, 6) is 1.12. The third-order valence-electron chi connectivity index (χ3n) is 3.00. The summed E-state index contributed by atoms with van der Waals surface area (Å²) in [6, 6.07) is 0. The van der Waals surface area contributed by atoms with Crippen molar-refractivity contribution >= 4 is 45.9 Å². The van der Waals surface area contributed by atoms with Crippen LogP contribution >= 0.6 is 39.9 Å². The molecular weight excluding hydrogens is 357 g/mol. The molecule has 0 bridgehead atoms. The maximum Gasteiger partial charge on any atom is 0.195 e. The second kappa shape index (κ2) is 3.66. The molecule has 0 aromatic rings. The van der Waals surface area contributed by atoms with Crippen LogP contribution in [0, 0.1) is 0 Å². The van der Waals surface area contributed by atoms with Gasteiger partial charge in [-0.1, -0.05) is 15.9 Å². The first-order valence-electron chi connectivity index (χ1n) is 4.67. The van der Waals surface area contributed by atoms with Crippen molar-refractivity contribution in [3.8, 4) is 0 Å². The number of nitrogens with zero attached hydrogens (tertiary/aromatic N) is 2. The highest BCUT2D eigenvalue weighted by atomic mass is 127. The third-order valence-corrected chi connectivity index (χ3v) is 3.65. The number of likely N-dealkylation sites (tertiary alicyclic amines) is 1. The Morgan fingerprint density at radius 3 is 2.64 bits per heavy atom. The number of nitrogens with one attached hydrogen (secondary N) is 1. The Bertz CT molecular complexity index is 301. The minimum absolute atomic E-state index is 0. The second-order valence-corrected chi connectivity index (χ2v) is 4.63. The van der Waals surface area contributed by atoms with Gasteiger partial charge in [-0.05, 0) is 23.4 Å². The van der Waals surface area contributed by atoms with Gasteiger partial charge in [0.2, 0.25) is 0 Å². The lowest BCUT2D eigenvalue weighted by molar-refractivity contribution is 0.381. The van der Waals surface area contributed by atoms with Crippen molar-refractivity contribution in [2.45, 2.75) is 18.4 Å². The predicted molar refractivity (Wildman–Crippen MR) is 71.4 cm³/mol. The fourth-order valence-electron chi connectivity index (χ4n) is 1.82. The highest BCUT2D eigenvalue weighted by Crippen LogP contribution is 2.38. The lowest BCUT2D eigenvalue weighted by Crippen LogP contribution is -2.50. The molecule has 0 amide bonds. The average molecular weight is 370 g/mol. The van der Waals surface area contributed by atoms with Crippen LogP contribution in [0.25, 0.3) is 0 Å². The summed E-state index contributed by atoms with van der Waals surface area (Å²) in [4.78, 5) is 8.84. The normalized spacial score (nSPS) is 26.2. The number of guanidine groups is 1. The lowest BCUT2D eigenvalue weighted by atomic mass is 10.1. The standard InChI is InChI=1S/C9H12BrN3.HI/c10-3-7-4-13(5-7)8-11-6-9(12-8)1-2-9;/h3H,1-2,4-6H2,(H,11,12);1H. The molecule has 0 aromatic heterocycles. The number of rotatable bonds is 0. The molecule has 1 saturated heterocycles. The third kappa shape index (κ3) is 1.68. The van der Waals surface area contributed by atoms with E-state index in [-0.39, 0.29) is 24.0 Å². The summed E-state index contributed by atoms with van der Waals surface area (Å²) in [6.07, 6.45) is 2.60. The predicted octanol–water partition coefficient (Wildman–Crippen LogP) is 1.69. The Morgan fingerprint density at radius 1 is 1.43 bits per heavy atom. The molecule has 5 heteroatoms. The molecule has 78 valence electrons. The van der Waals surface area contributed by atoms with Gasteiger partial charge in [0.1, 0.15) is 0 Å². The van der Waals surface area contributed by atoms with Gasteiger partial charge in [-0.15, -0.1) is 24.0 Å². The van der Waals surface area contributed by atoms with Gasteiger partial charge >= 0.3 is 0 Å². The van der Waals surface area contributed by atoms with E-state index < -0.39 is 0 Å². The Morgan fingerprint density at radius 2 is 2.14 bits per heavy atom. The quantitative estimate of drug-likeness (QED) is 0.658. The maximum absolute atomic E-state index is 4.53. The molecule has 1 saturated carbocycles. The van der Waals surface area contributed by atoms with Crippen LogP contribution < -0.4 is 5.32 Å². The van der Waals surface area contributed by atoms with E-state index >= 15 is 0 Å². The van der Waals surface area contributed by atoms with Gasteiger partial charge in [-0.3, -0.25) is 4.99 Å². The van der Waals surface area contributed by atoms with Gasteiger partial charge in [0.25, 0.3) is 0 Å². The van der Waals surface area contributed by atoms with Crippen LogP contribution in [0.2, 0.25) is 0 Å². The molecule has 2 heterocycles. The van der Waals surface area contributed by atoms with Crippen molar-refractivity contribution in [2.75, 3.05) is 19.6 Å². The van der Waals surface area contributed by atoms with E-state index in [1.165, 1.54) is 18.4 Å². The number of hydrogen-bond donors (Lipinski definition) is 1. The fourth-order valence-corrected chi connectivity index (χ4v) is 2.11. The van der Waals surface area contributed by atoms with Crippen LogP contribution in [-0.2, 0) is 0 Å². The van der Waals surface area contributed by atoms with Crippen molar-refractivity contribution < 1.29 is 0 Å². The smallest absolute Gasteiger partial charge is 0.195 e. The van der Waals surface area contributed by atoms with Gasteiger partial charge < -0.3 is 10.2 Å². The SMILES string of the molecule is BrC=C1CN(C2=NCC3(CC3)N2)C1.I. The molecule has 0 atom stereocenters. The van der Waals surface area contributed by atoms with Crippen LogP contribution in [-0.4, -0.2) is 36.0 Å². The Balaban J connectivity index is 0.000000750. The average Bonchev–Trinajstić information content (AvgIpc) is 2.65. The van der Waals surface area contributed by atoms with Crippen molar-refractivity contribution in [3.05, 3.63) is 10.6 Å². The second-order valence-electron chi connectivity index (χ2n) is 4.17. The van der Waals surface area contributed by atoms with Crippen LogP contribution in [0.5, 0.6) is 0 Å². The number of halogens is 2. The van der Waals surface area contributed by atoms with Crippen LogP contribution in [0.15, 0.2) is 15.6 Å². The zero-order valence-corrected chi connectivity index (χ0v) is 11.7. The summed E-state index contributed by atoms with van der Waals surface area (Å²) in [5, 5.41) is 3.52. The summed E-state index contributed by atoms with van der Waals surface area (Å²) in [6.45, 7) is 3.06. The molecule has 3 nitrogen and oxygen atoms in total. The zero-order chi connectivity index (χ0) is 8.89. The van der Waals surface area contributed by atoms with Gasteiger partial charge in [0.15, 0.2) is 5.96 Å². The summed E-state index contributed by atoms with van der Waals surface area (Å²) in [5.41, 5.74) is 1.84. The van der Waals surface area contributed by atoms with Crippen molar-refractivity contribution in [1.82, 2.24) is 10.2 Å². The molecule has 1 N–H and O–H groups in total. The largest absolute Gasteiger partial charge is 0.349 e. The zero-order valence-electron chi connectivity index (χ0n) is 7.79. The minimum Gasteiger partial charge on any atom is -0.349 e. The number of hydrogen-bond acceptors (Lipinski definition) is 3. The summed E-state index contributed by atoms with van der Waals surface area (Å²) in [7, 11) is 0. The molecule has 0 radical (unpaired) electrons. The molecule has 1 spiro atoms. The fraction of sp³-hybridized carbons (Fsp3) is 0.667. The van der Waals surface area contributed by atoms with E-state index in [9.17, 15) is 0 Å². The first-order chi connectivity index (χ1) is 6.31. The molecule has 0 unspecified atom stereocenters. The Labute approximate surface area is 109 Å². The molecular formula is C9H13BrIN3. The maximum atomic E-state index is 4.53. The lowest BCUT2D eigenvalue weighted by Gasteiger charge is -2.35. The first kappa shape index (κ1) is 10.7. The van der Waals surface area contributed by atoms with E-state index in [1.807, 2.05) is 4.99 Å². The highest BCUT2D eigenvalue weighted by molar-refractivity contribution is 14.0. The Hall–Kier alpha value is 0.220. The molecule has 14 heavy (non-hydrogen) atoms. The summed E-state index contributed by atoms with van der Waals surface area (Å²) >= 11 is 3.35. The van der Waals surface area contributed by atoms with Crippen LogP contribution in [0.3, 0.4) is 0 Å². The van der Waals surface area contributed by atoms with E-state index in [0.717, 1.165) is 25.6 Å². The van der Waals surface area contributed by atoms with E-state index in [1.54, 1.807) is 0 Å². The van der Waals surface area contributed by atoms with Crippen molar-refractivity contribution in [1.29, 1.82) is 0 Å². The van der Waals surface area contributed by atoms with Gasteiger partial charge in [-0.2, -0.15) is 0 Å². The highest BCUT2D eigenvalue weighted by Gasteiger charge is 2.47. The molecule has 2 fully saturated rings. The molecule has 2 aliphatic heterocycles. The van der Waals surface area contributed by atoms with E-state index in [2.05, 4.69) is 31.1 Å². The topological polar surface area (TPSA) is 27.6 Å². The molecule has 0 aromatic carbocycles. The molecule has 3 aliphatic rings. The monoisotopic (exact) mass is 369 g/mol. The van der Waals surface area contributed by atoms with Gasteiger partial charge in [0, 0.05) is 13.1 Å². The molecule has 3 rings (SSSR count). The number of aliphatic imine (C=N–C) groups is 1. The van der Waals surface area contributed by atoms with Crippen molar-refractivity contribution in [3.63, 3.8) is 0 Å². The summed E-state index contributed by atoms with van der Waals surface area (Å²) < 4.78 is 0.